The molecule has 0 saturated carbocycles. The molecule has 0 amide bonds. The largest absolute Gasteiger partial charge is 0.323 e. The third-order valence-corrected chi connectivity index (χ3v) is 5.73. The molecule has 0 bridgehead atoms. The Bertz CT molecular complexity index is 549. The third kappa shape index (κ3) is 3.20. The van der Waals surface area contributed by atoms with E-state index in [1.54, 1.807) is 17.4 Å². The summed E-state index contributed by atoms with van der Waals surface area (Å²) in [5, 5.41) is 0. The Hall–Kier alpha value is -0.230. The Morgan fingerprint density at radius 1 is 1.33 bits per heavy atom. The zero-order chi connectivity index (χ0) is 13.3. The number of halogens is 3. The maximum Gasteiger partial charge on any atom is 0.123 e. The van der Waals surface area contributed by atoms with Crippen LogP contribution in [0.5, 0.6) is 0 Å². The molecule has 5 heteroatoms. The van der Waals surface area contributed by atoms with Gasteiger partial charge in [0.2, 0.25) is 0 Å². The molecule has 0 fully saturated rings. The van der Waals surface area contributed by atoms with Gasteiger partial charge in [0.1, 0.15) is 5.82 Å². The van der Waals surface area contributed by atoms with Crippen molar-refractivity contribution in [2.45, 2.75) is 19.4 Å². The zero-order valence-electron chi connectivity index (χ0n) is 9.71. The first kappa shape index (κ1) is 14.2. The van der Waals surface area contributed by atoms with Crippen LogP contribution < -0.4 is 5.73 Å². The van der Waals surface area contributed by atoms with Crippen LogP contribution >= 0.6 is 43.2 Å². The van der Waals surface area contributed by atoms with E-state index in [9.17, 15) is 4.39 Å². The molecular formula is C13H12Br2FNS. The highest BCUT2D eigenvalue weighted by Gasteiger charge is 2.13. The lowest BCUT2D eigenvalue weighted by Crippen LogP contribution is -2.12. The van der Waals surface area contributed by atoms with Gasteiger partial charge < -0.3 is 5.73 Å². The van der Waals surface area contributed by atoms with E-state index in [2.05, 4.69) is 37.9 Å². The highest BCUT2D eigenvalue weighted by Crippen LogP contribution is 2.32. The second kappa shape index (κ2) is 5.82. The van der Waals surface area contributed by atoms with Crippen molar-refractivity contribution < 1.29 is 4.39 Å². The van der Waals surface area contributed by atoms with Crippen molar-refractivity contribution in [2.24, 2.45) is 5.73 Å². The van der Waals surface area contributed by atoms with Crippen LogP contribution in [0.15, 0.2) is 32.5 Å². The monoisotopic (exact) mass is 391 g/mol. The third-order valence-electron chi connectivity index (χ3n) is 2.69. The molecule has 0 aliphatic carbocycles. The van der Waals surface area contributed by atoms with Crippen LogP contribution in [-0.2, 0) is 6.42 Å². The minimum absolute atomic E-state index is 0.113. The molecule has 0 aliphatic rings. The standard InChI is InChI=1S/C13H12Br2FNS/c1-7-4-12(18-13(7)15)11(17)6-8-5-9(16)2-3-10(8)14/h2-5,11H,6,17H2,1H3. The molecule has 96 valence electrons. The first-order valence-electron chi connectivity index (χ1n) is 5.42. The molecular weight excluding hydrogens is 381 g/mol. The quantitative estimate of drug-likeness (QED) is 0.784. The second-order valence-corrected chi connectivity index (χ2v) is 7.41. The molecule has 0 radical (unpaired) electrons. The van der Waals surface area contributed by atoms with Crippen LogP contribution in [0, 0.1) is 12.7 Å². The average Bonchev–Trinajstić information content (AvgIpc) is 2.64. The summed E-state index contributed by atoms with van der Waals surface area (Å²) < 4.78 is 15.2. The van der Waals surface area contributed by atoms with Crippen LogP contribution in [0.1, 0.15) is 22.0 Å². The van der Waals surface area contributed by atoms with Crippen LogP contribution in [0.4, 0.5) is 4.39 Å². The lowest BCUT2D eigenvalue weighted by molar-refractivity contribution is 0.622. The molecule has 0 spiro atoms. The van der Waals surface area contributed by atoms with Crippen LogP contribution in [-0.4, -0.2) is 0 Å². The maximum absolute atomic E-state index is 13.2. The van der Waals surface area contributed by atoms with E-state index in [0.29, 0.717) is 6.42 Å². The van der Waals surface area contributed by atoms with Crippen molar-refractivity contribution in [1.29, 1.82) is 0 Å². The van der Waals surface area contributed by atoms with Crippen LogP contribution in [0.2, 0.25) is 0 Å². The van der Waals surface area contributed by atoms with Crippen molar-refractivity contribution in [2.75, 3.05) is 0 Å². The number of rotatable bonds is 3. The summed E-state index contributed by atoms with van der Waals surface area (Å²) in [4.78, 5) is 1.11. The van der Waals surface area contributed by atoms with Crippen molar-refractivity contribution in [3.05, 3.63) is 54.3 Å². The summed E-state index contributed by atoms with van der Waals surface area (Å²) in [5.74, 6) is -0.232. The number of hydrogen-bond donors (Lipinski definition) is 1. The summed E-state index contributed by atoms with van der Waals surface area (Å²) in [6.07, 6.45) is 0.616. The number of hydrogen-bond acceptors (Lipinski definition) is 2. The van der Waals surface area contributed by atoms with E-state index in [4.69, 9.17) is 5.73 Å². The summed E-state index contributed by atoms with van der Waals surface area (Å²) in [5.41, 5.74) is 8.25. The Morgan fingerprint density at radius 2 is 2.06 bits per heavy atom. The summed E-state index contributed by atoms with van der Waals surface area (Å²) in [7, 11) is 0. The van der Waals surface area contributed by atoms with E-state index < -0.39 is 0 Å². The van der Waals surface area contributed by atoms with Crippen molar-refractivity contribution in [3.8, 4) is 0 Å². The van der Waals surface area contributed by atoms with E-state index in [0.717, 1.165) is 18.7 Å². The molecule has 1 nitrogen and oxygen atoms in total. The van der Waals surface area contributed by atoms with Gasteiger partial charge >= 0.3 is 0 Å². The normalized spacial score (nSPS) is 12.7. The van der Waals surface area contributed by atoms with E-state index in [1.807, 2.05) is 6.92 Å². The SMILES string of the molecule is Cc1cc(C(N)Cc2cc(F)ccc2Br)sc1Br. The van der Waals surface area contributed by atoms with Gasteiger partial charge in [-0.2, -0.15) is 0 Å². The lowest BCUT2D eigenvalue weighted by Gasteiger charge is -2.11. The van der Waals surface area contributed by atoms with Gasteiger partial charge in [-0.25, -0.2) is 4.39 Å². The average molecular weight is 393 g/mol. The molecule has 0 saturated heterocycles. The Balaban J connectivity index is 2.20. The minimum Gasteiger partial charge on any atom is -0.323 e. The Kier molecular flexibility index (Phi) is 4.59. The van der Waals surface area contributed by atoms with Gasteiger partial charge in [0.15, 0.2) is 0 Å². The molecule has 0 aliphatic heterocycles. The fraction of sp³-hybridized carbons (Fsp3) is 0.231. The van der Waals surface area contributed by atoms with Crippen LogP contribution in [0.3, 0.4) is 0 Å². The van der Waals surface area contributed by atoms with Gasteiger partial charge in [0.05, 0.1) is 3.79 Å². The van der Waals surface area contributed by atoms with E-state index >= 15 is 0 Å². The molecule has 1 atom stereocenters. The summed E-state index contributed by atoms with van der Waals surface area (Å²) in [6, 6.07) is 6.64. The highest BCUT2D eigenvalue weighted by atomic mass is 79.9. The summed E-state index contributed by atoms with van der Waals surface area (Å²) in [6.45, 7) is 2.04. The molecule has 1 heterocycles. The predicted octanol–water partition coefficient (Wildman–Crippen LogP) is 4.96. The second-order valence-electron chi connectivity index (χ2n) is 4.15. The number of nitrogens with two attached hydrogens (primary N) is 1. The molecule has 1 unspecified atom stereocenters. The van der Waals surface area contributed by atoms with Crippen LogP contribution in [0.25, 0.3) is 0 Å². The molecule has 2 aromatic rings. The fourth-order valence-electron chi connectivity index (χ4n) is 1.70. The molecule has 1 aromatic carbocycles. The minimum atomic E-state index is -0.232. The van der Waals surface area contributed by atoms with Gasteiger partial charge in [-0.15, -0.1) is 11.3 Å². The zero-order valence-corrected chi connectivity index (χ0v) is 13.7. The van der Waals surface area contributed by atoms with E-state index in [-0.39, 0.29) is 11.9 Å². The highest BCUT2D eigenvalue weighted by molar-refractivity contribution is 9.11. The predicted molar refractivity (Wildman–Crippen MR) is 81.5 cm³/mol. The topological polar surface area (TPSA) is 26.0 Å². The van der Waals surface area contributed by atoms with Crippen molar-refractivity contribution in [3.63, 3.8) is 0 Å². The van der Waals surface area contributed by atoms with Gasteiger partial charge in [0, 0.05) is 15.4 Å². The van der Waals surface area contributed by atoms with Crippen molar-refractivity contribution in [1.82, 2.24) is 0 Å². The van der Waals surface area contributed by atoms with Gasteiger partial charge in [0.25, 0.3) is 0 Å². The molecule has 18 heavy (non-hydrogen) atoms. The maximum atomic E-state index is 13.2. The molecule has 2 N–H and O–H groups in total. The molecule has 2 rings (SSSR count). The fourth-order valence-corrected chi connectivity index (χ4v) is 3.68. The van der Waals surface area contributed by atoms with E-state index in [1.165, 1.54) is 17.7 Å². The number of aryl methyl sites for hydroxylation is 1. The Morgan fingerprint density at radius 3 is 2.67 bits per heavy atom. The van der Waals surface area contributed by atoms with Gasteiger partial charge in [-0.3, -0.25) is 0 Å². The molecule has 1 aromatic heterocycles. The van der Waals surface area contributed by atoms with Gasteiger partial charge in [-0.05, 0) is 64.7 Å². The van der Waals surface area contributed by atoms with Gasteiger partial charge in [-0.1, -0.05) is 15.9 Å². The first-order valence-corrected chi connectivity index (χ1v) is 7.83. The van der Waals surface area contributed by atoms with Crippen molar-refractivity contribution >= 4 is 43.2 Å². The number of benzene rings is 1. The summed E-state index contributed by atoms with van der Waals surface area (Å²) >= 11 is 8.55. The number of thiophene rings is 1. The smallest absolute Gasteiger partial charge is 0.123 e. The first-order chi connectivity index (χ1) is 8.47. The Labute approximate surface area is 126 Å². The lowest BCUT2D eigenvalue weighted by atomic mass is 10.0.